The van der Waals surface area contributed by atoms with E-state index in [1.807, 2.05) is 24.3 Å². The van der Waals surface area contributed by atoms with Crippen molar-refractivity contribution in [2.45, 2.75) is 6.54 Å². The van der Waals surface area contributed by atoms with E-state index in [9.17, 15) is 4.79 Å². The summed E-state index contributed by atoms with van der Waals surface area (Å²) >= 11 is 0. The highest BCUT2D eigenvalue weighted by Gasteiger charge is 2.09. The van der Waals surface area contributed by atoms with Crippen molar-refractivity contribution >= 4 is 11.6 Å². The first kappa shape index (κ1) is 16.6. The lowest BCUT2D eigenvalue weighted by atomic mass is 10.2. The predicted molar refractivity (Wildman–Crippen MR) is 95.3 cm³/mol. The zero-order chi connectivity index (χ0) is 17.6. The van der Waals surface area contributed by atoms with Gasteiger partial charge in [0, 0.05) is 11.8 Å². The fraction of sp³-hybridized carbons (Fsp3) is 0.158. The minimum absolute atomic E-state index is 0.208. The highest BCUT2D eigenvalue weighted by Crippen LogP contribution is 2.16. The molecule has 0 unspecified atom stereocenters. The Labute approximate surface area is 146 Å². The molecule has 0 aliphatic heterocycles. The van der Waals surface area contributed by atoms with Gasteiger partial charge >= 0.3 is 0 Å². The van der Waals surface area contributed by atoms with Crippen molar-refractivity contribution in [1.82, 2.24) is 9.78 Å². The zero-order valence-corrected chi connectivity index (χ0v) is 14.1. The Hall–Kier alpha value is -3.28. The minimum Gasteiger partial charge on any atom is -0.497 e. The number of nitrogens with one attached hydrogen (secondary N) is 1. The molecule has 0 bridgehead atoms. The van der Waals surface area contributed by atoms with Crippen LogP contribution in [0.3, 0.4) is 0 Å². The third-order valence-electron chi connectivity index (χ3n) is 3.70. The Bertz CT molecular complexity index is 874. The number of carbonyl (C=O) groups is 1. The third kappa shape index (κ3) is 4.17. The number of hydrogen-bond donors (Lipinski definition) is 1. The number of benzene rings is 2. The van der Waals surface area contributed by atoms with Crippen molar-refractivity contribution < 1.29 is 14.3 Å². The van der Waals surface area contributed by atoms with Gasteiger partial charge in [-0.05, 0) is 35.9 Å². The van der Waals surface area contributed by atoms with Crippen molar-refractivity contribution in [3.05, 3.63) is 72.1 Å². The number of hydrogen-bond acceptors (Lipinski definition) is 4. The highest BCUT2D eigenvalue weighted by atomic mass is 16.5. The molecule has 1 heterocycles. The summed E-state index contributed by atoms with van der Waals surface area (Å²) in [6.45, 7) is 0.590. The maximum atomic E-state index is 12.3. The molecule has 6 heteroatoms. The number of amides is 1. The molecule has 0 saturated carbocycles. The average Bonchev–Trinajstić information content (AvgIpc) is 3.08. The van der Waals surface area contributed by atoms with E-state index in [4.69, 9.17) is 9.47 Å². The molecule has 0 atom stereocenters. The summed E-state index contributed by atoms with van der Waals surface area (Å²) in [7, 11) is 3.21. The van der Waals surface area contributed by atoms with Crippen LogP contribution < -0.4 is 14.8 Å². The number of ether oxygens (including phenoxy) is 2. The van der Waals surface area contributed by atoms with Gasteiger partial charge in [0.15, 0.2) is 0 Å². The van der Waals surface area contributed by atoms with E-state index in [-0.39, 0.29) is 5.91 Å². The van der Waals surface area contributed by atoms with Crippen LogP contribution in [0.15, 0.2) is 60.9 Å². The van der Waals surface area contributed by atoms with E-state index in [1.54, 1.807) is 55.6 Å². The van der Waals surface area contributed by atoms with Gasteiger partial charge < -0.3 is 14.8 Å². The topological polar surface area (TPSA) is 65.4 Å². The van der Waals surface area contributed by atoms with E-state index in [1.165, 1.54) is 0 Å². The van der Waals surface area contributed by atoms with E-state index in [2.05, 4.69) is 10.4 Å². The van der Waals surface area contributed by atoms with Crippen LogP contribution >= 0.6 is 0 Å². The molecule has 0 fully saturated rings. The van der Waals surface area contributed by atoms with Crippen molar-refractivity contribution in [2.24, 2.45) is 0 Å². The molecular formula is C19H19N3O3. The molecule has 0 saturated heterocycles. The van der Waals surface area contributed by atoms with E-state index in [0.29, 0.717) is 23.5 Å². The van der Waals surface area contributed by atoms with Crippen molar-refractivity contribution in [3.8, 4) is 11.5 Å². The molecule has 0 radical (unpaired) electrons. The number of carbonyl (C=O) groups excluding carboxylic acids is 1. The molecular weight excluding hydrogens is 318 g/mol. The van der Waals surface area contributed by atoms with E-state index >= 15 is 0 Å². The highest BCUT2D eigenvalue weighted by molar-refractivity contribution is 6.04. The quantitative estimate of drug-likeness (QED) is 0.750. The van der Waals surface area contributed by atoms with Gasteiger partial charge in [-0.3, -0.25) is 9.48 Å². The number of rotatable bonds is 6. The lowest BCUT2D eigenvalue weighted by molar-refractivity contribution is 0.102. The number of anilines is 1. The van der Waals surface area contributed by atoms with Crippen LogP contribution in [0.4, 0.5) is 5.69 Å². The summed E-state index contributed by atoms with van der Waals surface area (Å²) in [5.74, 6) is 1.23. The Morgan fingerprint density at radius 3 is 2.56 bits per heavy atom. The Morgan fingerprint density at radius 1 is 1.08 bits per heavy atom. The molecule has 1 aromatic heterocycles. The Balaban J connectivity index is 1.67. The van der Waals surface area contributed by atoms with Crippen LogP contribution in [0, 0.1) is 0 Å². The minimum atomic E-state index is -0.208. The molecule has 0 spiro atoms. The van der Waals surface area contributed by atoms with Gasteiger partial charge in [-0.1, -0.05) is 18.2 Å². The molecule has 1 N–H and O–H groups in total. The largest absolute Gasteiger partial charge is 0.497 e. The molecule has 25 heavy (non-hydrogen) atoms. The molecule has 6 nitrogen and oxygen atoms in total. The van der Waals surface area contributed by atoms with Crippen LogP contribution in [0.5, 0.6) is 11.5 Å². The molecule has 3 aromatic rings. The zero-order valence-electron chi connectivity index (χ0n) is 14.1. The smallest absolute Gasteiger partial charge is 0.255 e. The summed E-state index contributed by atoms with van der Waals surface area (Å²) in [6, 6.07) is 14.8. The lowest BCUT2D eigenvalue weighted by Crippen LogP contribution is -2.11. The van der Waals surface area contributed by atoms with Crippen LogP contribution in [0.25, 0.3) is 0 Å². The first-order valence-electron chi connectivity index (χ1n) is 7.79. The van der Waals surface area contributed by atoms with Gasteiger partial charge in [-0.2, -0.15) is 5.10 Å². The summed E-state index contributed by atoms with van der Waals surface area (Å²) in [5, 5.41) is 7.12. The monoisotopic (exact) mass is 337 g/mol. The summed E-state index contributed by atoms with van der Waals surface area (Å²) in [6.07, 6.45) is 3.41. The predicted octanol–water partition coefficient (Wildman–Crippen LogP) is 3.20. The van der Waals surface area contributed by atoms with Crippen molar-refractivity contribution in [3.63, 3.8) is 0 Å². The molecule has 0 aliphatic rings. The van der Waals surface area contributed by atoms with Gasteiger partial charge in [0.05, 0.1) is 32.6 Å². The summed E-state index contributed by atoms with van der Waals surface area (Å²) in [4.78, 5) is 12.3. The molecule has 0 aliphatic carbocycles. The Kier molecular flexibility index (Phi) is 4.99. The van der Waals surface area contributed by atoms with Crippen LogP contribution in [-0.4, -0.2) is 29.9 Å². The van der Waals surface area contributed by atoms with Crippen LogP contribution in [0.2, 0.25) is 0 Å². The first-order chi connectivity index (χ1) is 12.2. The summed E-state index contributed by atoms with van der Waals surface area (Å²) < 4.78 is 12.1. The van der Waals surface area contributed by atoms with Crippen LogP contribution in [-0.2, 0) is 6.54 Å². The fourth-order valence-corrected chi connectivity index (χ4v) is 2.44. The van der Waals surface area contributed by atoms with E-state index in [0.717, 1.165) is 11.3 Å². The number of methoxy groups -OCH3 is 2. The van der Waals surface area contributed by atoms with Gasteiger partial charge in [0.2, 0.25) is 0 Å². The molecule has 2 aromatic carbocycles. The average molecular weight is 337 g/mol. The van der Waals surface area contributed by atoms with Gasteiger partial charge in [0.1, 0.15) is 11.5 Å². The second-order valence-corrected chi connectivity index (χ2v) is 5.46. The second-order valence-electron chi connectivity index (χ2n) is 5.46. The SMILES string of the molecule is COc1cccc(Cn2cc(NC(=O)c3cccc(OC)c3)cn2)c1. The third-order valence-corrected chi connectivity index (χ3v) is 3.70. The van der Waals surface area contributed by atoms with Crippen LogP contribution in [0.1, 0.15) is 15.9 Å². The maximum absolute atomic E-state index is 12.3. The molecule has 3 rings (SSSR count). The lowest BCUT2D eigenvalue weighted by Gasteiger charge is -2.05. The normalized spacial score (nSPS) is 10.3. The van der Waals surface area contributed by atoms with Gasteiger partial charge in [0.25, 0.3) is 5.91 Å². The van der Waals surface area contributed by atoms with Crippen molar-refractivity contribution in [1.29, 1.82) is 0 Å². The summed E-state index contributed by atoms with van der Waals surface area (Å²) in [5.41, 5.74) is 2.23. The Morgan fingerprint density at radius 2 is 1.80 bits per heavy atom. The standard InChI is InChI=1S/C19H19N3O3/c1-24-17-7-3-5-14(9-17)12-22-13-16(11-20-22)21-19(23)15-6-4-8-18(10-15)25-2/h3-11,13H,12H2,1-2H3,(H,21,23). The van der Waals surface area contributed by atoms with Crippen molar-refractivity contribution in [2.75, 3.05) is 19.5 Å². The molecule has 128 valence electrons. The van der Waals surface area contributed by atoms with Gasteiger partial charge in [-0.15, -0.1) is 0 Å². The first-order valence-corrected chi connectivity index (χ1v) is 7.79. The second kappa shape index (κ2) is 7.53. The maximum Gasteiger partial charge on any atom is 0.255 e. The fourth-order valence-electron chi connectivity index (χ4n) is 2.44. The number of nitrogens with zero attached hydrogens (tertiary/aromatic N) is 2. The molecule has 1 amide bonds. The van der Waals surface area contributed by atoms with Gasteiger partial charge in [-0.25, -0.2) is 0 Å². The van der Waals surface area contributed by atoms with E-state index < -0.39 is 0 Å². The number of aromatic nitrogens is 2.